The molecule has 0 saturated carbocycles. The molecule has 20 heavy (non-hydrogen) atoms. The van der Waals surface area contributed by atoms with Gasteiger partial charge in [0.05, 0.1) is 6.54 Å². The maximum atomic E-state index is 13.0. The number of rotatable bonds is 3. The highest BCUT2D eigenvalue weighted by Gasteiger charge is 2.48. The standard InChI is InChI=1S/C15H13FN2O2/c16-12-6-8-13(9-7-12)17-10-14(18(19)20)15(17)11-4-2-1-3-5-11/h1-9,14-15H,10H2/t14-,15+/m0/s1. The van der Waals surface area contributed by atoms with Crippen LogP contribution in [0.25, 0.3) is 0 Å². The third kappa shape index (κ3) is 2.11. The fourth-order valence-electron chi connectivity index (χ4n) is 2.62. The van der Waals surface area contributed by atoms with E-state index in [-0.39, 0.29) is 16.8 Å². The minimum atomic E-state index is -0.623. The summed E-state index contributed by atoms with van der Waals surface area (Å²) in [6.07, 6.45) is 0. The van der Waals surface area contributed by atoms with Crippen LogP contribution in [0, 0.1) is 15.9 Å². The third-order valence-electron chi connectivity index (χ3n) is 3.65. The highest BCUT2D eigenvalue weighted by atomic mass is 19.1. The molecule has 2 aromatic rings. The van der Waals surface area contributed by atoms with Crippen LogP contribution in [0.15, 0.2) is 54.6 Å². The van der Waals surface area contributed by atoms with Gasteiger partial charge in [-0.2, -0.15) is 0 Å². The van der Waals surface area contributed by atoms with E-state index in [1.807, 2.05) is 35.2 Å². The summed E-state index contributed by atoms with van der Waals surface area (Å²) in [6, 6.07) is 14.5. The van der Waals surface area contributed by atoms with Gasteiger partial charge in [0.25, 0.3) is 6.04 Å². The number of hydrogen-bond acceptors (Lipinski definition) is 3. The molecule has 0 amide bonds. The molecule has 0 radical (unpaired) electrons. The van der Waals surface area contributed by atoms with Crippen LogP contribution < -0.4 is 4.90 Å². The molecular formula is C15H13FN2O2. The van der Waals surface area contributed by atoms with Gasteiger partial charge in [-0.3, -0.25) is 10.1 Å². The zero-order valence-corrected chi connectivity index (χ0v) is 10.6. The van der Waals surface area contributed by atoms with E-state index in [1.165, 1.54) is 12.1 Å². The van der Waals surface area contributed by atoms with Crippen LogP contribution in [-0.2, 0) is 0 Å². The molecule has 1 heterocycles. The Labute approximate surface area is 115 Å². The van der Waals surface area contributed by atoms with Crippen molar-refractivity contribution in [1.82, 2.24) is 0 Å². The van der Waals surface area contributed by atoms with Crippen LogP contribution in [0.2, 0.25) is 0 Å². The second-order valence-corrected chi connectivity index (χ2v) is 4.84. The van der Waals surface area contributed by atoms with Crippen LogP contribution in [0.5, 0.6) is 0 Å². The predicted molar refractivity (Wildman–Crippen MR) is 73.7 cm³/mol. The minimum Gasteiger partial charge on any atom is -0.351 e. The predicted octanol–water partition coefficient (Wildman–Crippen LogP) is 3.03. The van der Waals surface area contributed by atoms with Gasteiger partial charge in [-0.25, -0.2) is 4.39 Å². The Balaban J connectivity index is 1.92. The maximum absolute atomic E-state index is 13.0. The summed E-state index contributed by atoms with van der Waals surface area (Å²) in [5, 5.41) is 11.1. The van der Waals surface area contributed by atoms with Crippen molar-refractivity contribution in [2.75, 3.05) is 11.4 Å². The molecular weight excluding hydrogens is 259 g/mol. The summed E-state index contributed by atoms with van der Waals surface area (Å²) in [6.45, 7) is 0.345. The number of benzene rings is 2. The smallest absolute Gasteiger partial charge is 0.254 e. The molecule has 0 bridgehead atoms. The lowest BCUT2D eigenvalue weighted by Crippen LogP contribution is -2.57. The fraction of sp³-hybridized carbons (Fsp3) is 0.200. The fourth-order valence-corrected chi connectivity index (χ4v) is 2.62. The molecule has 0 spiro atoms. The second-order valence-electron chi connectivity index (χ2n) is 4.84. The van der Waals surface area contributed by atoms with Crippen molar-refractivity contribution in [3.05, 3.63) is 76.1 Å². The van der Waals surface area contributed by atoms with Crippen LogP contribution in [0.3, 0.4) is 0 Å². The van der Waals surface area contributed by atoms with Gasteiger partial charge in [-0.15, -0.1) is 0 Å². The first-order chi connectivity index (χ1) is 9.66. The van der Waals surface area contributed by atoms with Gasteiger partial charge >= 0.3 is 0 Å². The number of halogens is 1. The van der Waals surface area contributed by atoms with Gasteiger partial charge in [0.15, 0.2) is 0 Å². The Morgan fingerprint density at radius 2 is 1.75 bits per heavy atom. The summed E-state index contributed by atoms with van der Waals surface area (Å²) in [5.74, 6) is -0.309. The van der Waals surface area contributed by atoms with Gasteiger partial charge in [0, 0.05) is 10.6 Å². The molecule has 2 aromatic carbocycles. The van der Waals surface area contributed by atoms with E-state index in [0.717, 1.165) is 11.3 Å². The number of hydrogen-bond donors (Lipinski definition) is 0. The normalized spacial score (nSPS) is 21.4. The van der Waals surface area contributed by atoms with E-state index in [1.54, 1.807) is 12.1 Å². The highest BCUT2D eigenvalue weighted by molar-refractivity contribution is 5.53. The Morgan fingerprint density at radius 1 is 1.10 bits per heavy atom. The van der Waals surface area contributed by atoms with E-state index in [4.69, 9.17) is 0 Å². The Bertz CT molecular complexity index is 616. The third-order valence-corrected chi connectivity index (χ3v) is 3.65. The minimum absolute atomic E-state index is 0.238. The monoisotopic (exact) mass is 272 g/mol. The van der Waals surface area contributed by atoms with E-state index in [9.17, 15) is 14.5 Å². The number of nitro groups is 1. The van der Waals surface area contributed by atoms with E-state index in [2.05, 4.69) is 0 Å². The lowest BCUT2D eigenvalue weighted by molar-refractivity contribution is -0.534. The van der Waals surface area contributed by atoms with E-state index in [0.29, 0.717) is 6.54 Å². The van der Waals surface area contributed by atoms with Gasteiger partial charge in [-0.05, 0) is 29.8 Å². The summed E-state index contributed by atoms with van der Waals surface area (Å²) in [4.78, 5) is 12.8. The SMILES string of the molecule is O=[N+]([O-])[C@H]1CN(c2ccc(F)cc2)[C@@H]1c1ccccc1. The number of nitrogens with zero attached hydrogens (tertiary/aromatic N) is 2. The van der Waals surface area contributed by atoms with Gasteiger partial charge in [0.1, 0.15) is 11.9 Å². The topological polar surface area (TPSA) is 46.4 Å². The first kappa shape index (κ1) is 12.6. The maximum Gasteiger partial charge on any atom is 0.254 e. The average Bonchev–Trinajstić information content (AvgIpc) is 2.41. The summed E-state index contributed by atoms with van der Waals surface area (Å²) in [7, 11) is 0. The largest absolute Gasteiger partial charge is 0.351 e. The van der Waals surface area contributed by atoms with Crippen LogP contribution in [-0.4, -0.2) is 17.5 Å². The first-order valence-electron chi connectivity index (χ1n) is 6.37. The van der Waals surface area contributed by atoms with Crippen LogP contribution in [0.1, 0.15) is 11.6 Å². The average molecular weight is 272 g/mol. The Hall–Kier alpha value is -2.43. The molecule has 2 atom stereocenters. The summed E-state index contributed by atoms with van der Waals surface area (Å²) < 4.78 is 13.0. The zero-order valence-electron chi connectivity index (χ0n) is 10.6. The summed E-state index contributed by atoms with van der Waals surface area (Å²) in [5.41, 5.74) is 1.71. The van der Waals surface area contributed by atoms with Crippen LogP contribution >= 0.6 is 0 Å². The molecule has 0 unspecified atom stereocenters. The lowest BCUT2D eigenvalue weighted by atomic mass is 9.89. The van der Waals surface area contributed by atoms with E-state index < -0.39 is 6.04 Å². The van der Waals surface area contributed by atoms with Crippen molar-refractivity contribution in [1.29, 1.82) is 0 Å². The second kappa shape index (κ2) is 4.92. The molecule has 1 fully saturated rings. The molecule has 0 aliphatic carbocycles. The van der Waals surface area contributed by atoms with Crippen molar-refractivity contribution in [2.24, 2.45) is 0 Å². The van der Waals surface area contributed by atoms with Crippen molar-refractivity contribution >= 4 is 5.69 Å². The molecule has 3 rings (SSSR count). The molecule has 5 heteroatoms. The van der Waals surface area contributed by atoms with Gasteiger partial charge < -0.3 is 4.90 Å². The molecule has 0 aromatic heterocycles. The molecule has 1 aliphatic rings. The summed E-state index contributed by atoms with van der Waals surface area (Å²) >= 11 is 0. The van der Waals surface area contributed by atoms with Crippen LogP contribution in [0.4, 0.5) is 10.1 Å². The first-order valence-corrected chi connectivity index (χ1v) is 6.37. The molecule has 1 saturated heterocycles. The van der Waals surface area contributed by atoms with Crippen molar-refractivity contribution < 1.29 is 9.31 Å². The molecule has 1 aliphatic heterocycles. The number of anilines is 1. The van der Waals surface area contributed by atoms with Crippen molar-refractivity contribution in [3.8, 4) is 0 Å². The van der Waals surface area contributed by atoms with Crippen molar-refractivity contribution in [2.45, 2.75) is 12.1 Å². The molecule has 0 N–H and O–H groups in total. The highest BCUT2D eigenvalue weighted by Crippen LogP contribution is 2.39. The zero-order chi connectivity index (χ0) is 14.1. The lowest BCUT2D eigenvalue weighted by Gasteiger charge is -2.44. The van der Waals surface area contributed by atoms with Gasteiger partial charge in [-0.1, -0.05) is 30.3 Å². The van der Waals surface area contributed by atoms with Gasteiger partial charge in [0.2, 0.25) is 0 Å². The van der Waals surface area contributed by atoms with Crippen molar-refractivity contribution in [3.63, 3.8) is 0 Å². The molecule has 4 nitrogen and oxygen atoms in total. The molecule has 102 valence electrons. The Morgan fingerprint density at radius 3 is 2.35 bits per heavy atom. The van der Waals surface area contributed by atoms with E-state index >= 15 is 0 Å². The quantitative estimate of drug-likeness (QED) is 0.637. The Kier molecular flexibility index (Phi) is 3.10.